The molecule has 0 saturated heterocycles. The second kappa shape index (κ2) is 7.84. The number of hydrogen-bond donors (Lipinski definition) is 2. The fourth-order valence-electron chi connectivity index (χ4n) is 2.02. The molecule has 3 N–H and O–H groups in total. The molecule has 0 unspecified atom stereocenters. The van der Waals surface area contributed by atoms with Crippen LogP contribution < -0.4 is 11.1 Å². The Kier molecular flexibility index (Phi) is 5.82. The lowest BCUT2D eigenvalue weighted by molar-refractivity contribution is -0.129. The second-order valence-corrected chi connectivity index (χ2v) is 5.84. The van der Waals surface area contributed by atoms with Gasteiger partial charge in [0, 0.05) is 17.3 Å². The number of ether oxygens (including phenoxy) is 1. The van der Waals surface area contributed by atoms with E-state index in [1.165, 1.54) is 13.0 Å². The Balaban J connectivity index is 1.92. The number of rotatable bonds is 5. The number of carbonyl (C=O) groups is 2. The number of carbonyl (C=O) groups excluding carboxylic acids is 2. The number of halogens is 1. The normalized spacial score (nSPS) is 11.6. The summed E-state index contributed by atoms with van der Waals surface area (Å²) >= 11 is 6.03. The first-order valence-corrected chi connectivity index (χ1v) is 7.84. The van der Waals surface area contributed by atoms with Gasteiger partial charge in [0.15, 0.2) is 6.10 Å². The molecule has 0 fully saturated rings. The summed E-state index contributed by atoms with van der Waals surface area (Å²) in [7, 11) is 0. The van der Waals surface area contributed by atoms with Crippen molar-refractivity contribution < 1.29 is 14.3 Å². The molecule has 0 heterocycles. The molecule has 1 atom stereocenters. The van der Waals surface area contributed by atoms with E-state index in [0.29, 0.717) is 16.3 Å². The van der Waals surface area contributed by atoms with E-state index in [1.54, 1.807) is 18.2 Å². The summed E-state index contributed by atoms with van der Waals surface area (Å²) in [4.78, 5) is 24.1. The van der Waals surface area contributed by atoms with Crippen molar-refractivity contribution in [1.29, 1.82) is 0 Å². The van der Waals surface area contributed by atoms with Gasteiger partial charge in [-0.05, 0) is 43.2 Å². The Hall–Kier alpha value is -2.53. The zero-order valence-electron chi connectivity index (χ0n) is 13.5. The van der Waals surface area contributed by atoms with Crippen molar-refractivity contribution in [3.8, 4) is 0 Å². The van der Waals surface area contributed by atoms with Gasteiger partial charge in [-0.1, -0.05) is 35.9 Å². The quantitative estimate of drug-likeness (QED) is 0.644. The largest absolute Gasteiger partial charge is 0.449 e. The highest BCUT2D eigenvalue weighted by Crippen LogP contribution is 2.15. The Morgan fingerprint density at radius 1 is 1.25 bits per heavy atom. The van der Waals surface area contributed by atoms with Crippen molar-refractivity contribution in [2.45, 2.75) is 26.5 Å². The number of benzene rings is 2. The average Bonchev–Trinajstić information content (AvgIpc) is 2.56. The molecule has 0 spiro atoms. The van der Waals surface area contributed by atoms with E-state index in [2.05, 4.69) is 5.32 Å². The van der Waals surface area contributed by atoms with Crippen LogP contribution in [-0.2, 0) is 16.1 Å². The fourth-order valence-corrected chi connectivity index (χ4v) is 2.22. The van der Waals surface area contributed by atoms with Crippen LogP contribution in [0.3, 0.4) is 0 Å². The maximum atomic E-state index is 12.1. The first-order chi connectivity index (χ1) is 11.4. The highest BCUT2D eigenvalue weighted by atomic mass is 35.5. The molecule has 2 aromatic rings. The summed E-state index contributed by atoms with van der Waals surface area (Å²) in [5, 5.41) is 3.26. The third kappa shape index (κ3) is 4.49. The van der Waals surface area contributed by atoms with Gasteiger partial charge >= 0.3 is 5.97 Å². The molecule has 24 heavy (non-hydrogen) atoms. The highest BCUT2D eigenvalue weighted by molar-refractivity contribution is 6.31. The van der Waals surface area contributed by atoms with Crippen LogP contribution in [0.2, 0.25) is 5.02 Å². The summed E-state index contributed by atoms with van der Waals surface area (Å²) in [6.45, 7) is 3.62. The molecule has 6 heteroatoms. The van der Waals surface area contributed by atoms with Crippen molar-refractivity contribution in [3.63, 3.8) is 0 Å². The molecule has 126 valence electrons. The third-order valence-corrected chi connectivity index (χ3v) is 3.95. The van der Waals surface area contributed by atoms with E-state index in [-0.39, 0.29) is 6.54 Å². The van der Waals surface area contributed by atoms with E-state index in [1.807, 2.05) is 25.1 Å². The topological polar surface area (TPSA) is 81.4 Å². The van der Waals surface area contributed by atoms with Crippen LogP contribution in [0.25, 0.3) is 0 Å². The number of hydrogen-bond acceptors (Lipinski definition) is 4. The van der Waals surface area contributed by atoms with Crippen LogP contribution in [0, 0.1) is 6.92 Å². The molecule has 0 radical (unpaired) electrons. The van der Waals surface area contributed by atoms with Crippen molar-refractivity contribution in [1.82, 2.24) is 5.32 Å². The van der Waals surface area contributed by atoms with Gasteiger partial charge in [-0.2, -0.15) is 0 Å². The van der Waals surface area contributed by atoms with E-state index in [9.17, 15) is 9.59 Å². The molecule has 0 bridgehead atoms. The molecule has 1 amide bonds. The molecule has 0 aliphatic rings. The minimum atomic E-state index is -0.928. The van der Waals surface area contributed by atoms with Gasteiger partial charge in [0.2, 0.25) is 0 Å². The molecule has 2 aromatic carbocycles. The number of nitrogens with one attached hydrogen (secondary N) is 1. The van der Waals surface area contributed by atoms with Gasteiger partial charge in [0.1, 0.15) is 0 Å². The fraction of sp³-hybridized carbons (Fsp3) is 0.222. The van der Waals surface area contributed by atoms with Crippen molar-refractivity contribution in [2.24, 2.45) is 0 Å². The van der Waals surface area contributed by atoms with Gasteiger partial charge in [0.05, 0.1) is 5.56 Å². The highest BCUT2D eigenvalue weighted by Gasteiger charge is 2.19. The minimum Gasteiger partial charge on any atom is -0.449 e. The Morgan fingerprint density at radius 2 is 1.96 bits per heavy atom. The molecule has 2 rings (SSSR count). The summed E-state index contributed by atoms with van der Waals surface area (Å²) in [5.41, 5.74) is 8.25. The molecular weight excluding hydrogens is 328 g/mol. The summed E-state index contributed by atoms with van der Waals surface area (Å²) in [6.07, 6.45) is -0.928. The molecule has 0 aromatic heterocycles. The van der Waals surface area contributed by atoms with Gasteiger partial charge in [-0.3, -0.25) is 4.79 Å². The van der Waals surface area contributed by atoms with Crippen LogP contribution in [0.5, 0.6) is 0 Å². The summed E-state index contributed by atoms with van der Waals surface area (Å²) in [5.74, 6) is -0.995. The Morgan fingerprint density at radius 3 is 2.62 bits per heavy atom. The van der Waals surface area contributed by atoms with Gasteiger partial charge in [-0.25, -0.2) is 4.79 Å². The lowest BCUT2D eigenvalue weighted by atomic mass is 10.1. The minimum absolute atomic E-state index is 0.262. The van der Waals surface area contributed by atoms with Gasteiger partial charge in [-0.15, -0.1) is 0 Å². The lowest BCUT2D eigenvalue weighted by Gasteiger charge is -2.14. The van der Waals surface area contributed by atoms with Gasteiger partial charge in [0.25, 0.3) is 5.91 Å². The molecule has 0 aliphatic heterocycles. The lowest BCUT2D eigenvalue weighted by Crippen LogP contribution is -2.35. The third-order valence-electron chi connectivity index (χ3n) is 3.58. The predicted molar refractivity (Wildman–Crippen MR) is 93.8 cm³/mol. The standard InChI is InChI=1S/C18H19ClN2O3/c1-11-7-8-13(9-16(11)20)18(23)24-12(2)17(22)21-10-14-5-3-4-6-15(14)19/h3-9,12H,10,20H2,1-2H3,(H,21,22)/t12-/m1/s1. The van der Waals surface area contributed by atoms with Crippen molar-refractivity contribution in [3.05, 3.63) is 64.2 Å². The van der Waals surface area contributed by atoms with E-state index < -0.39 is 18.0 Å². The Bertz CT molecular complexity index is 762. The van der Waals surface area contributed by atoms with Crippen LogP contribution in [0.15, 0.2) is 42.5 Å². The van der Waals surface area contributed by atoms with Crippen LogP contribution >= 0.6 is 11.6 Å². The second-order valence-electron chi connectivity index (χ2n) is 5.43. The number of esters is 1. The first kappa shape index (κ1) is 17.8. The Labute approximate surface area is 145 Å². The number of amides is 1. The van der Waals surface area contributed by atoms with E-state index in [4.69, 9.17) is 22.1 Å². The zero-order chi connectivity index (χ0) is 17.7. The predicted octanol–water partition coefficient (Wildman–Crippen LogP) is 3.09. The van der Waals surface area contributed by atoms with E-state index in [0.717, 1.165) is 11.1 Å². The molecular formula is C18H19ClN2O3. The number of nitrogen functional groups attached to an aromatic ring is 1. The van der Waals surface area contributed by atoms with Crippen LogP contribution in [0.4, 0.5) is 5.69 Å². The maximum Gasteiger partial charge on any atom is 0.338 e. The van der Waals surface area contributed by atoms with Crippen molar-refractivity contribution >= 4 is 29.2 Å². The number of aryl methyl sites for hydroxylation is 1. The SMILES string of the molecule is Cc1ccc(C(=O)O[C@H](C)C(=O)NCc2ccccc2Cl)cc1N. The molecule has 0 saturated carbocycles. The maximum absolute atomic E-state index is 12.1. The zero-order valence-corrected chi connectivity index (χ0v) is 14.3. The molecule has 5 nitrogen and oxygen atoms in total. The molecule has 0 aliphatic carbocycles. The van der Waals surface area contributed by atoms with Crippen LogP contribution in [0.1, 0.15) is 28.4 Å². The summed E-state index contributed by atoms with van der Waals surface area (Å²) < 4.78 is 5.17. The van der Waals surface area contributed by atoms with Crippen LogP contribution in [-0.4, -0.2) is 18.0 Å². The first-order valence-electron chi connectivity index (χ1n) is 7.46. The number of anilines is 1. The number of nitrogens with two attached hydrogens (primary N) is 1. The monoisotopic (exact) mass is 346 g/mol. The van der Waals surface area contributed by atoms with Crippen molar-refractivity contribution in [2.75, 3.05) is 5.73 Å². The van der Waals surface area contributed by atoms with E-state index >= 15 is 0 Å². The van der Waals surface area contributed by atoms with Gasteiger partial charge < -0.3 is 15.8 Å². The summed E-state index contributed by atoms with van der Waals surface area (Å²) in [6, 6.07) is 12.1. The smallest absolute Gasteiger partial charge is 0.338 e. The average molecular weight is 347 g/mol.